The second-order valence-electron chi connectivity index (χ2n) is 5.74. The Morgan fingerprint density at radius 3 is 1.95 bits per heavy atom. The van der Waals surface area contributed by atoms with Gasteiger partial charge in [-0.3, -0.25) is 0 Å². The summed E-state index contributed by atoms with van der Waals surface area (Å²) >= 11 is -4.55. The van der Waals surface area contributed by atoms with Crippen molar-refractivity contribution in [3.05, 3.63) is 22.3 Å². The minimum atomic E-state index is -4.55. The summed E-state index contributed by atoms with van der Waals surface area (Å²) in [6.07, 6.45) is 3.86. The molecule has 0 aromatic rings. The molecule has 2 rings (SSSR count). The Labute approximate surface area is 134 Å². The van der Waals surface area contributed by atoms with Crippen LogP contribution in [-0.4, -0.2) is 19.4 Å². The molecule has 0 aromatic carbocycles. The van der Waals surface area contributed by atoms with E-state index >= 15 is 0 Å². The van der Waals surface area contributed by atoms with Gasteiger partial charge in [0.2, 0.25) is 0 Å². The van der Waals surface area contributed by atoms with Crippen molar-refractivity contribution in [3.63, 3.8) is 0 Å². The molecule has 2 aliphatic carbocycles. The van der Waals surface area contributed by atoms with E-state index in [0.717, 1.165) is 42.4 Å². The van der Waals surface area contributed by atoms with Crippen LogP contribution >= 0.6 is 0 Å². The molecule has 1 unspecified atom stereocenters. The van der Waals surface area contributed by atoms with Crippen molar-refractivity contribution in [2.45, 2.75) is 50.2 Å². The molecule has 22 heavy (non-hydrogen) atoms. The van der Waals surface area contributed by atoms with Crippen LogP contribution in [0.5, 0.6) is 0 Å². The molecule has 2 aliphatic rings. The molecule has 120 valence electrons. The van der Waals surface area contributed by atoms with Gasteiger partial charge in [0.05, 0.1) is 0 Å². The molecule has 0 heterocycles. The molecule has 0 fully saturated rings. The van der Waals surface area contributed by atoms with Crippen molar-refractivity contribution in [1.82, 2.24) is 0 Å². The Kier molecular flexibility index (Phi) is 4.92. The second kappa shape index (κ2) is 6.38. The van der Waals surface area contributed by atoms with Crippen LogP contribution < -0.4 is 0 Å². The fourth-order valence-electron chi connectivity index (χ4n) is 3.74. The van der Waals surface area contributed by atoms with Crippen molar-refractivity contribution in [3.8, 4) is 0 Å². The third kappa shape index (κ3) is 2.25. The fraction of sp³-hybridized carbons (Fsp3) is 0.533. The van der Waals surface area contributed by atoms with Crippen LogP contribution in [0.3, 0.4) is 0 Å². The maximum absolute atomic E-state index is 11.0. The predicted molar refractivity (Wildman–Crippen MR) is 73.7 cm³/mol. The number of hydrogen-bond donors (Lipinski definition) is 0. The average molecular weight is 344 g/mol. The first kappa shape index (κ1) is 17.0. The predicted octanol–water partition coefficient (Wildman–Crippen LogP) is 2.80. The number of rotatable bonds is 7. The molecular formula is C15H20O6Ti. The van der Waals surface area contributed by atoms with Crippen LogP contribution in [0.15, 0.2) is 22.3 Å². The number of hydrogen-bond acceptors (Lipinski definition) is 6. The van der Waals surface area contributed by atoms with Crippen LogP contribution in [0.2, 0.25) is 3.72 Å². The van der Waals surface area contributed by atoms with Crippen molar-refractivity contribution in [2.24, 2.45) is 0 Å². The van der Waals surface area contributed by atoms with E-state index in [0.29, 0.717) is 0 Å². The van der Waals surface area contributed by atoms with Crippen LogP contribution in [-0.2, 0) is 42.1 Å². The van der Waals surface area contributed by atoms with Gasteiger partial charge in [0.15, 0.2) is 0 Å². The first-order chi connectivity index (χ1) is 10.5. The first-order valence-electron chi connectivity index (χ1n) is 7.23. The summed E-state index contributed by atoms with van der Waals surface area (Å²) in [5.41, 5.74) is 4.37. The maximum atomic E-state index is 11.0. The molecule has 0 saturated heterocycles. The van der Waals surface area contributed by atoms with Gasteiger partial charge in [0, 0.05) is 0 Å². The summed E-state index contributed by atoms with van der Waals surface area (Å²) in [6, 6.07) is 0. The van der Waals surface area contributed by atoms with E-state index in [2.05, 4.69) is 0 Å². The Balaban J connectivity index is 2.66. The third-order valence-electron chi connectivity index (χ3n) is 5.06. The van der Waals surface area contributed by atoms with E-state index < -0.39 is 21.5 Å². The fourth-order valence-corrected chi connectivity index (χ4v) is 7.72. The summed E-state index contributed by atoms with van der Waals surface area (Å²) in [5.74, 6) is 0. The van der Waals surface area contributed by atoms with E-state index in [1.54, 1.807) is 0 Å². The van der Waals surface area contributed by atoms with Gasteiger partial charge in [-0.25, -0.2) is 0 Å². The summed E-state index contributed by atoms with van der Waals surface area (Å²) in [7, 11) is 0. The van der Waals surface area contributed by atoms with E-state index in [4.69, 9.17) is 9.96 Å². The average Bonchev–Trinajstić information content (AvgIpc) is 2.71. The third-order valence-corrected chi connectivity index (χ3v) is 9.93. The van der Waals surface area contributed by atoms with Crippen LogP contribution in [0.25, 0.3) is 0 Å². The molecule has 0 N–H and O–H groups in total. The Hall–Kier alpha value is -1.40. The SMILES string of the molecule is CC1=C(C)[C](C)([Ti]([O]C=O)([O]C=O)[O]C=O)C2=C1CCCC2. The molecule has 0 radical (unpaired) electrons. The second-order valence-corrected chi connectivity index (χ2v) is 10.1. The Bertz CT molecular complexity index is 538. The van der Waals surface area contributed by atoms with Gasteiger partial charge in [-0.1, -0.05) is 0 Å². The quantitative estimate of drug-likeness (QED) is 0.522. The zero-order valence-corrected chi connectivity index (χ0v) is 14.6. The Morgan fingerprint density at radius 1 is 0.955 bits per heavy atom. The van der Waals surface area contributed by atoms with E-state index in [-0.39, 0.29) is 19.4 Å². The van der Waals surface area contributed by atoms with Gasteiger partial charge in [-0.05, 0) is 0 Å². The molecule has 0 aromatic heterocycles. The van der Waals surface area contributed by atoms with E-state index in [9.17, 15) is 14.4 Å². The van der Waals surface area contributed by atoms with E-state index in [1.165, 1.54) is 5.57 Å². The van der Waals surface area contributed by atoms with Crippen molar-refractivity contribution >= 4 is 19.4 Å². The van der Waals surface area contributed by atoms with Gasteiger partial charge in [-0.15, -0.1) is 0 Å². The summed E-state index contributed by atoms with van der Waals surface area (Å²) in [6.45, 7) is 6.42. The van der Waals surface area contributed by atoms with Crippen molar-refractivity contribution in [2.75, 3.05) is 0 Å². The molecule has 0 amide bonds. The molecule has 0 bridgehead atoms. The van der Waals surface area contributed by atoms with Crippen molar-refractivity contribution < 1.29 is 42.1 Å². The molecule has 1 atom stereocenters. The van der Waals surface area contributed by atoms with Crippen molar-refractivity contribution in [1.29, 1.82) is 0 Å². The molecule has 6 nitrogen and oxygen atoms in total. The zero-order valence-electron chi connectivity index (χ0n) is 13.0. The molecule has 0 spiro atoms. The topological polar surface area (TPSA) is 78.9 Å². The van der Waals surface area contributed by atoms with Gasteiger partial charge >= 0.3 is 134 Å². The zero-order chi connectivity index (χ0) is 16.4. The van der Waals surface area contributed by atoms with Crippen LogP contribution in [0, 0.1) is 0 Å². The molecule has 7 heteroatoms. The van der Waals surface area contributed by atoms with Gasteiger partial charge in [0.1, 0.15) is 0 Å². The standard InChI is InChI=1S/C12H17.3CH2O2.Ti/c1-8-9(2)11-6-4-5-7-12(11)10(8)3;3*2-1-3;/h4-7H2,1-3H3;3*1H,(H,2,3);/q;;;;+3/p-3. The summed E-state index contributed by atoms with van der Waals surface area (Å²) in [4.78, 5) is 33.1. The van der Waals surface area contributed by atoms with Gasteiger partial charge in [-0.2, -0.15) is 0 Å². The van der Waals surface area contributed by atoms with Gasteiger partial charge in [0.25, 0.3) is 0 Å². The summed E-state index contributed by atoms with van der Waals surface area (Å²) < 4.78 is 14.8. The van der Waals surface area contributed by atoms with Crippen LogP contribution in [0.4, 0.5) is 0 Å². The number of carbonyl (C=O) groups excluding carboxylic acids is 3. The van der Waals surface area contributed by atoms with Crippen LogP contribution in [0.1, 0.15) is 46.5 Å². The number of allylic oxidation sites excluding steroid dienone is 4. The first-order valence-corrected chi connectivity index (χ1v) is 9.93. The summed E-state index contributed by atoms with van der Waals surface area (Å²) in [5, 5.41) is 0. The number of carbonyl (C=O) groups is 3. The molecular weight excluding hydrogens is 324 g/mol. The molecule has 0 saturated carbocycles. The minimum absolute atomic E-state index is 0.211. The van der Waals surface area contributed by atoms with Gasteiger partial charge < -0.3 is 0 Å². The normalized spacial score (nSPS) is 24.7. The Morgan fingerprint density at radius 2 is 1.45 bits per heavy atom. The van der Waals surface area contributed by atoms with E-state index in [1.807, 2.05) is 20.8 Å². The molecule has 0 aliphatic heterocycles. The monoisotopic (exact) mass is 344 g/mol.